The summed E-state index contributed by atoms with van der Waals surface area (Å²) in [6.07, 6.45) is 1.95. The minimum Gasteiger partial charge on any atom is -0.464 e. The number of amides is 2. The Hall–Kier alpha value is -1.34. The van der Waals surface area contributed by atoms with Crippen LogP contribution in [0.15, 0.2) is 33.7 Å². The number of benzene rings is 1. The van der Waals surface area contributed by atoms with Gasteiger partial charge in [-0.25, -0.2) is 9.79 Å². The van der Waals surface area contributed by atoms with Crippen LogP contribution in [-0.2, 0) is 9.53 Å². The molecule has 0 fully saturated rings. The van der Waals surface area contributed by atoms with E-state index in [0.29, 0.717) is 12.3 Å². The van der Waals surface area contributed by atoms with Gasteiger partial charge in [-0.05, 0) is 24.8 Å². The Morgan fingerprint density at radius 3 is 2.86 bits per heavy atom. The summed E-state index contributed by atoms with van der Waals surface area (Å²) in [5.41, 5.74) is 1.30. The molecule has 118 valence electrons. The predicted molar refractivity (Wildman–Crippen MR) is 91.4 cm³/mol. The van der Waals surface area contributed by atoms with E-state index >= 15 is 0 Å². The van der Waals surface area contributed by atoms with Gasteiger partial charge in [-0.1, -0.05) is 34.1 Å². The fourth-order valence-corrected chi connectivity index (χ4v) is 3.11. The van der Waals surface area contributed by atoms with Gasteiger partial charge < -0.3 is 10.1 Å². The topological polar surface area (TPSA) is 67.8 Å². The van der Waals surface area contributed by atoms with Crippen molar-refractivity contribution in [3.63, 3.8) is 0 Å². The van der Waals surface area contributed by atoms with Crippen molar-refractivity contribution in [2.75, 3.05) is 18.6 Å². The number of carbonyl (C=O) groups is 2. The van der Waals surface area contributed by atoms with Crippen LogP contribution in [0.5, 0.6) is 0 Å². The van der Waals surface area contributed by atoms with E-state index in [4.69, 9.17) is 4.74 Å². The molecule has 1 aromatic rings. The Labute approximate surface area is 142 Å². The fourth-order valence-electron chi connectivity index (χ4n) is 2.33. The number of halogens is 1. The van der Waals surface area contributed by atoms with E-state index in [1.165, 1.54) is 0 Å². The second kappa shape index (κ2) is 7.78. The van der Waals surface area contributed by atoms with Gasteiger partial charge in [0.25, 0.3) is 0 Å². The first kappa shape index (κ1) is 17.0. The average molecular weight is 385 g/mol. The molecule has 5 nitrogen and oxygen atoms in total. The lowest BCUT2D eigenvalue weighted by molar-refractivity contribution is -0.146. The number of nitrogens with one attached hydrogen (secondary N) is 1. The molecule has 1 heterocycles. The molecular weight excluding hydrogens is 368 g/mol. The lowest BCUT2D eigenvalue weighted by atomic mass is 9.88. The number of carbonyl (C=O) groups excluding carboxylic acids is 2. The predicted octanol–water partition coefficient (Wildman–Crippen LogP) is 3.20. The highest BCUT2D eigenvalue weighted by Gasteiger charge is 2.38. The second-order valence-electron chi connectivity index (χ2n) is 4.84. The number of urea groups is 1. The first-order valence-corrected chi connectivity index (χ1v) is 8.99. The van der Waals surface area contributed by atoms with Gasteiger partial charge in [-0.3, -0.25) is 4.79 Å². The molecule has 2 rings (SSSR count). The van der Waals surface area contributed by atoms with E-state index in [2.05, 4.69) is 26.2 Å². The molecule has 0 aromatic heterocycles. The number of aliphatic imine (C=N–C) groups is 1. The molecule has 2 amide bonds. The summed E-state index contributed by atoms with van der Waals surface area (Å²) in [4.78, 5) is 28.0. The number of ether oxygens (including phenoxy) is 1. The first-order valence-electron chi connectivity index (χ1n) is 6.80. The van der Waals surface area contributed by atoms with Crippen LogP contribution in [-0.4, -0.2) is 36.3 Å². The van der Waals surface area contributed by atoms with Crippen molar-refractivity contribution in [1.82, 2.24) is 5.32 Å². The maximum Gasteiger partial charge on any atom is 0.341 e. The molecule has 0 radical (unpaired) electrons. The number of thioether (sulfide) groups is 1. The molecule has 1 aliphatic heterocycles. The van der Waals surface area contributed by atoms with Crippen LogP contribution in [0, 0.1) is 5.92 Å². The molecule has 0 saturated heterocycles. The summed E-state index contributed by atoms with van der Waals surface area (Å²) in [6, 6.07) is 6.57. The van der Waals surface area contributed by atoms with Crippen LogP contribution < -0.4 is 5.32 Å². The van der Waals surface area contributed by atoms with Gasteiger partial charge in [0.1, 0.15) is 12.5 Å². The standard InChI is InChI=1S/C15H17BrN2O3S/c1-9-12(14(19)21-7-8-22-2)13(18-15(20)17-9)10-5-3-4-6-11(10)16/h3-6,12-13H,7-8H2,1-2H3,(H,18,20). The maximum absolute atomic E-state index is 12.4. The average Bonchev–Trinajstić information content (AvgIpc) is 2.47. The van der Waals surface area contributed by atoms with Crippen molar-refractivity contribution in [3.8, 4) is 0 Å². The SMILES string of the molecule is CSCCOC(=O)C1C(C)=NC(=O)NC1c1ccccc1Br. The van der Waals surface area contributed by atoms with Crippen molar-refractivity contribution in [1.29, 1.82) is 0 Å². The van der Waals surface area contributed by atoms with Crippen molar-refractivity contribution in [3.05, 3.63) is 34.3 Å². The first-order chi connectivity index (χ1) is 10.5. The van der Waals surface area contributed by atoms with Crippen LogP contribution in [0.3, 0.4) is 0 Å². The van der Waals surface area contributed by atoms with E-state index in [9.17, 15) is 9.59 Å². The number of hydrogen-bond donors (Lipinski definition) is 1. The molecule has 0 bridgehead atoms. The molecule has 1 aliphatic rings. The van der Waals surface area contributed by atoms with Gasteiger partial charge in [-0.15, -0.1) is 0 Å². The second-order valence-corrected chi connectivity index (χ2v) is 6.68. The Balaban J connectivity index is 2.29. The summed E-state index contributed by atoms with van der Waals surface area (Å²) >= 11 is 5.07. The zero-order chi connectivity index (χ0) is 16.1. The van der Waals surface area contributed by atoms with Crippen LogP contribution in [0.25, 0.3) is 0 Å². The van der Waals surface area contributed by atoms with Crippen LogP contribution in [0.2, 0.25) is 0 Å². The van der Waals surface area contributed by atoms with Crippen molar-refractivity contribution in [2.45, 2.75) is 13.0 Å². The number of nitrogens with zero attached hydrogens (tertiary/aromatic N) is 1. The molecule has 2 unspecified atom stereocenters. The van der Waals surface area contributed by atoms with E-state index in [1.54, 1.807) is 18.7 Å². The maximum atomic E-state index is 12.4. The van der Waals surface area contributed by atoms with Gasteiger partial charge in [0, 0.05) is 15.9 Å². The highest BCUT2D eigenvalue weighted by Crippen LogP contribution is 2.32. The van der Waals surface area contributed by atoms with E-state index in [1.807, 2.05) is 30.5 Å². The minimum atomic E-state index is -0.613. The zero-order valence-corrected chi connectivity index (χ0v) is 14.7. The number of esters is 1. The summed E-state index contributed by atoms with van der Waals surface area (Å²) in [5, 5.41) is 2.76. The normalized spacial score (nSPS) is 21.0. The van der Waals surface area contributed by atoms with Crippen molar-refractivity contribution in [2.24, 2.45) is 10.9 Å². The number of rotatable bonds is 5. The van der Waals surface area contributed by atoms with E-state index < -0.39 is 18.0 Å². The van der Waals surface area contributed by atoms with E-state index in [-0.39, 0.29) is 5.97 Å². The summed E-state index contributed by atoms with van der Waals surface area (Å²) in [6.45, 7) is 2.03. The third-order valence-electron chi connectivity index (χ3n) is 3.37. The van der Waals surface area contributed by atoms with Crippen molar-refractivity contribution < 1.29 is 14.3 Å². The third-order valence-corrected chi connectivity index (χ3v) is 4.66. The monoisotopic (exact) mass is 384 g/mol. The van der Waals surface area contributed by atoms with Crippen molar-refractivity contribution >= 4 is 45.4 Å². The Bertz CT molecular complexity index is 606. The van der Waals surface area contributed by atoms with E-state index in [0.717, 1.165) is 15.8 Å². The van der Waals surface area contributed by atoms with Gasteiger partial charge in [0.2, 0.25) is 0 Å². The molecule has 7 heteroatoms. The summed E-state index contributed by atoms with van der Waals surface area (Å²) in [5.74, 6) is -0.241. The molecule has 1 N–H and O–H groups in total. The zero-order valence-electron chi connectivity index (χ0n) is 12.3. The summed E-state index contributed by atoms with van der Waals surface area (Å²) < 4.78 is 6.14. The largest absolute Gasteiger partial charge is 0.464 e. The van der Waals surface area contributed by atoms with Gasteiger partial charge in [-0.2, -0.15) is 11.8 Å². The molecule has 22 heavy (non-hydrogen) atoms. The quantitative estimate of drug-likeness (QED) is 0.625. The molecule has 1 aromatic carbocycles. The third kappa shape index (κ3) is 3.89. The molecule has 0 saturated carbocycles. The number of hydrogen-bond acceptors (Lipinski definition) is 4. The Morgan fingerprint density at radius 2 is 2.18 bits per heavy atom. The highest BCUT2D eigenvalue weighted by atomic mass is 79.9. The molecule has 2 atom stereocenters. The molecule has 0 spiro atoms. The molecule has 0 aliphatic carbocycles. The lowest BCUT2D eigenvalue weighted by Gasteiger charge is -2.30. The minimum absolute atomic E-state index is 0.348. The Morgan fingerprint density at radius 1 is 1.45 bits per heavy atom. The van der Waals surface area contributed by atoms with Gasteiger partial charge >= 0.3 is 12.0 Å². The van der Waals surface area contributed by atoms with Crippen LogP contribution >= 0.6 is 27.7 Å². The van der Waals surface area contributed by atoms with Crippen LogP contribution in [0.1, 0.15) is 18.5 Å². The Kier molecular flexibility index (Phi) is 6.02. The van der Waals surface area contributed by atoms with Gasteiger partial charge in [0.05, 0.1) is 6.04 Å². The lowest BCUT2D eigenvalue weighted by Crippen LogP contribution is -2.44. The fraction of sp³-hybridized carbons (Fsp3) is 0.400. The molecular formula is C15H17BrN2O3S. The summed E-state index contributed by atoms with van der Waals surface area (Å²) in [7, 11) is 0. The smallest absolute Gasteiger partial charge is 0.341 e. The van der Waals surface area contributed by atoms with Crippen LogP contribution in [0.4, 0.5) is 4.79 Å². The van der Waals surface area contributed by atoms with Gasteiger partial charge in [0.15, 0.2) is 0 Å². The highest BCUT2D eigenvalue weighted by molar-refractivity contribution is 9.10.